The Morgan fingerprint density at radius 2 is 2.15 bits per heavy atom. The minimum absolute atomic E-state index is 0.178. The summed E-state index contributed by atoms with van der Waals surface area (Å²) in [4.78, 5) is 14.2. The molecule has 5 heteroatoms. The zero-order valence-corrected chi connectivity index (χ0v) is 13.3. The van der Waals surface area contributed by atoms with E-state index in [1.54, 1.807) is 0 Å². The highest BCUT2D eigenvalue weighted by molar-refractivity contribution is 5.68. The van der Waals surface area contributed by atoms with Gasteiger partial charge in [-0.15, -0.1) is 0 Å². The van der Waals surface area contributed by atoms with Crippen LogP contribution < -0.4 is 5.32 Å². The fraction of sp³-hybridized carbons (Fsp3) is 0.933. The Hall–Kier alpha value is -0.810. The largest absolute Gasteiger partial charge is 0.444 e. The third-order valence-electron chi connectivity index (χ3n) is 3.56. The molecule has 2 unspecified atom stereocenters. The highest BCUT2D eigenvalue weighted by Crippen LogP contribution is 2.22. The molecule has 1 saturated heterocycles. The van der Waals surface area contributed by atoms with E-state index in [4.69, 9.17) is 9.84 Å². The molecule has 1 aliphatic heterocycles. The van der Waals surface area contributed by atoms with E-state index in [-0.39, 0.29) is 24.8 Å². The average molecular weight is 286 g/mol. The fourth-order valence-electron chi connectivity index (χ4n) is 2.57. The van der Waals surface area contributed by atoms with Crippen LogP contribution in [0.1, 0.15) is 53.4 Å². The molecule has 2 atom stereocenters. The Morgan fingerprint density at radius 3 is 2.75 bits per heavy atom. The molecule has 0 aromatic heterocycles. The molecule has 0 aromatic rings. The molecular formula is C15H30N2O3. The van der Waals surface area contributed by atoms with Crippen molar-refractivity contribution < 1.29 is 14.6 Å². The first kappa shape index (κ1) is 17.2. The van der Waals surface area contributed by atoms with Crippen molar-refractivity contribution in [2.24, 2.45) is 0 Å². The van der Waals surface area contributed by atoms with Crippen LogP contribution in [0.3, 0.4) is 0 Å². The van der Waals surface area contributed by atoms with Gasteiger partial charge in [0.25, 0.3) is 0 Å². The van der Waals surface area contributed by atoms with Gasteiger partial charge in [0.2, 0.25) is 0 Å². The number of piperidine rings is 1. The first-order chi connectivity index (χ1) is 9.35. The normalized spacial score (nSPS) is 21.6. The molecule has 1 amide bonds. The lowest BCUT2D eigenvalue weighted by Crippen LogP contribution is -2.54. The molecule has 20 heavy (non-hydrogen) atoms. The van der Waals surface area contributed by atoms with Crippen molar-refractivity contribution in [1.82, 2.24) is 10.2 Å². The van der Waals surface area contributed by atoms with Crippen molar-refractivity contribution in [1.29, 1.82) is 0 Å². The maximum Gasteiger partial charge on any atom is 0.410 e. The van der Waals surface area contributed by atoms with E-state index in [1.165, 1.54) is 0 Å². The summed E-state index contributed by atoms with van der Waals surface area (Å²) in [5.74, 6) is 0. The molecule has 5 nitrogen and oxygen atoms in total. The Morgan fingerprint density at radius 1 is 1.45 bits per heavy atom. The predicted octanol–water partition coefficient (Wildman–Crippen LogP) is 2.14. The Bertz CT molecular complexity index is 302. The van der Waals surface area contributed by atoms with Gasteiger partial charge < -0.3 is 20.1 Å². The number of nitrogens with zero attached hydrogens (tertiary/aromatic N) is 1. The first-order valence-electron chi connectivity index (χ1n) is 7.69. The molecule has 2 N–H and O–H groups in total. The maximum atomic E-state index is 12.3. The van der Waals surface area contributed by atoms with Crippen LogP contribution in [0.25, 0.3) is 0 Å². The maximum absolute atomic E-state index is 12.3. The lowest BCUT2D eigenvalue weighted by atomic mass is 9.97. The number of aliphatic hydroxyl groups is 1. The van der Waals surface area contributed by atoms with Gasteiger partial charge in [0.1, 0.15) is 5.60 Å². The van der Waals surface area contributed by atoms with Gasteiger partial charge in [0, 0.05) is 19.2 Å². The molecule has 1 fully saturated rings. The second-order valence-corrected chi connectivity index (χ2v) is 6.56. The molecule has 1 aliphatic rings. The fourth-order valence-corrected chi connectivity index (χ4v) is 2.57. The van der Waals surface area contributed by atoms with Gasteiger partial charge >= 0.3 is 6.09 Å². The number of aliphatic hydroxyl groups excluding tert-OH is 1. The van der Waals surface area contributed by atoms with E-state index < -0.39 is 5.60 Å². The minimum atomic E-state index is -0.452. The molecule has 0 spiro atoms. The molecule has 1 heterocycles. The molecule has 0 saturated carbocycles. The molecule has 118 valence electrons. The van der Waals surface area contributed by atoms with Crippen LogP contribution in [0.2, 0.25) is 0 Å². The molecule has 0 aromatic carbocycles. The number of ether oxygens (including phenoxy) is 1. The molecular weight excluding hydrogens is 256 g/mol. The van der Waals surface area contributed by atoms with E-state index in [2.05, 4.69) is 12.2 Å². The van der Waals surface area contributed by atoms with Crippen LogP contribution in [-0.4, -0.2) is 53.5 Å². The summed E-state index contributed by atoms with van der Waals surface area (Å²) in [6.45, 7) is 9.53. The van der Waals surface area contributed by atoms with Crippen LogP contribution in [-0.2, 0) is 4.74 Å². The highest BCUT2D eigenvalue weighted by atomic mass is 16.6. The summed E-state index contributed by atoms with van der Waals surface area (Å²) in [6, 6.07) is 0.395. The van der Waals surface area contributed by atoms with Gasteiger partial charge in [-0.25, -0.2) is 4.79 Å². The summed E-state index contributed by atoms with van der Waals surface area (Å²) in [5, 5.41) is 12.2. The molecule has 0 bridgehead atoms. The number of hydrogen-bond acceptors (Lipinski definition) is 4. The second-order valence-electron chi connectivity index (χ2n) is 6.56. The van der Waals surface area contributed by atoms with Crippen LogP contribution >= 0.6 is 0 Å². The van der Waals surface area contributed by atoms with Gasteiger partial charge in [-0.1, -0.05) is 0 Å². The Labute approximate surface area is 122 Å². The standard InChI is InChI=1S/C15H30N2O3/c1-12(16-9-7-11-18)13-8-5-6-10-17(13)14(19)20-15(2,3)4/h12-13,16,18H,5-11H2,1-4H3. The number of nitrogens with one attached hydrogen (secondary N) is 1. The van der Waals surface area contributed by atoms with Crippen LogP contribution in [0.15, 0.2) is 0 Å². The smallest absolute Gasteiger partial charge is 0.410 e. The van der Waals surface area contributed by atoms with Crippen LogP contribution in [0, 0.1) is 0 Å². The zero-order chi connectivity index (χ0) is 15.2. The van der Waals surface area contributed by atoms with Crippen molar-refractivity contribution in [3.63, 3.8) is 0 Å². The van der Waals surface area contributed by atoms with Crippen LogP contribution in [0.5, 0.6) is 0 Å². The quantitative estimate of drug-likeness (QED) is 0.760. The Kier molecular flexibility index (Phi) is 6.76. The summed E-state index contributed by atoms with van der Waals surface area (Å²) in [6.07, 6.45) is 3.73. The molecule has 0 aliphatic carbocycles. The lowest BCUT2D eigenvalue weighted by molar-refractivity contribution is 0.00555. The van der Waals surface area contributed by atoms with Gasteiger partial charge in [0.15, 0.2) is 0 Å². The number of likely N-dealkylation sites (tertiary alicyclic amines) is 1. The lowest BCUT2D eigenvalue weighted by Gasteiger charge is -2.40. The van der Waals surface area contributed by atoms with Gasteiger partial charge in [0.05, 0.1) is 6.04 Å². The van der Waals surface area contributed by atoms with Crippen molar-refractivity contribution >= 4 is 6.09 Å². The zero-order valence-electron chi connectivity index (χ0n) is 13.3. The van der Waals surface area contributed by atoms with Crippen molar-refractivity contribution in [3.8, 4) is 0 Å². The van der Waals surface area contributed by atoms with E-state index in [1.807, 2.05) is 25.7 Å². The van der Waals surface area contributed by atoms with Crippen LogP contribution in [0.4, 0.5) is 4.79 Å². The summed E-state index contributed by atoms with van der Waals surface area (Å²) >= 11 is 0. The van der Waals surface area contributed by atoms with Crippen molar-refractivity contribution in [2.45, 2.75) is 71.1 Å². The Balaban J connectivity index is 2.59. The minimum Gasteiger partial charge on any atom is -0.444 e. The second kappa shape index (κ2) is 7.84. The van der Waals surface area contributed by atoms with E-state index in [9.17, 15) is 4.79 Å². The third kappa shape index (κ3) is 5.67. The number of hydrogen-bond donors (Lipinski definition) is 2. The monoisotopic (exact) mass is 286 g/mol. The van der Waals surface area contributed by atoms with Gasteiger partial charge in [-0.05, 0) is 59.9 Å². The number of amides is 1. The van der Waals surface area contributed by atoms with E-state index in [0.29, 0.717) is 0 Å². The first-order valence-corrected chi connectivity index (χ1v) is 7.69. The summed E-state index contributed by atoms with van der Waals surface area (Å²) in [5.41, 5.74) is -0.452. The summed E-state index contributed by atoms with van der Waals surface area (Å²) < 4.78 is 5.50. The van der Waals surface area contributed by atoms with Gasteiger partial charge in [-0.2, -0.15) is 0 Å². The number of carbonyl (C=O) groups excluding carboxylic acids is 1. The molecule has 0 radical (unpaired) electrons. The topological polar surface area (TPSA) is 61.8 Å². The SMILES string of the molecule is CC(NCCCO)C1CCCCN1C(=O)OC(C)(C)C. The predicted molar refractivity (Wildman–Crippen MR) is 79.7 cm³/mol. The third-order valence-corrected chi connectivity index (χ3v) is 3.56. The van der Waals surface area contributed by atoms with Gasteiger partial charge in [-0.3, -0.25) is 0 Å². The van der Waals surface area contributed by atoms with E-state index >= 15 is 0 Å². The highest BCUT2D eigenvalue weighted by Gasteiger charge is 2.33. The number of carbonyl (C=O) groups is 1. The van der Waals surface area contributed by atoms with Crippen molar-refractivity contribution in [2.75, 3.05) is 19.7 Å². The van der Waals surface area contributed by atoms with E-state index in [0.717, 1.165) is 38.8 Å². The molecule has 1 rings (SSSR count). The van der Waals surface area contributed by atoms with Crippen molar-refractivity contribution in [3.05, 3.63) is 0 Å². The number of rotatable bonds is 5. The average Bonchev–Trinajstić information content (AvgIpc) is 2.37. The summed E-state index contributed by atoms with van der Waals surface area (Å²) in [7, 11) is 0.